The zero-order valence-corrected chi connectivity index (χ0v) is 16.7. The molecule has 3 heterocycles. The summed E-state index contributed by atoms with van der Waals surface area (Å²) in [4.78, 5) is 26.5. The predicted molar refractivity (Wildman–Crippen MR) is 104 cm³/mol. The van der Waals surface area contributed by atoms with Crippen molar-refractivity contribution < 1.29 is 19.4 Å². The lowest BCUT2D eigenvalue weighted by molar-refractivity contribution is -0.156. The molecule has 0 saturated carbocycles. The summed E-state index contributed by atoms with van der Waals surface area (Å²) in [5, 5.41) is 20.9. The van der Waals surface area contributed by atoms with Gasteiger partial charge in [-0.25, -0.2) is 9.48 Å². The largest absolute Gasteiger partial charge is 0.477 e. The van der Waals surface area contributed by atoms with Crippen LogP contribution >= 0.6 is 11.8 Å². The first-order chi connectivity index (χ1) is 14.1. The van der Waals surface area contributed by atoms with Crippen LogP contribution in [-0.2, 0) is 33.7 Å². The van der Waals surface area contributed by atoms with Crippen LogP contribution in [0.15, 0.2) is 40.9 Å². The van der Waals surface area contributed by atoms with Gasteiger partial charge in [-0.2, -0.15) is 0 Å². The zero-order chi connectivity index (χ0) is 20.4. The Morgan fingerprint density at radius 2 is 2.14 bits per heavy atom. The van der Waals surface area contributed by atoms with Gasteiger partial charge in [-0.1, -0.05) is 30.3 Å². The maximum absolute atomic E-state index is 12.6. The minimum atomic E-state index is -1.07. The molecule has 0 aliphatic carbocycles. The summed E-state index contributed by atoms with van der Waals surface area (Å²) in [7, 11) is 1.74. The van der Waals surface area contributed by atoms with Gasteiger partial charge in [0.15, 0.2) is 5.82 Å². The number of β-lactam (4-membered cyclic amide) rings is 1. The number of aryl methyl sites for hydroxylation is 1. The number of carboxylic acid groups (broad SMARTS) is 1. The molecule has 2 aliphatic rings. The minimum absolute atomic E-state index is 0.0987. The van der Waals surface area contributed by atoms with E-state index in [1.165, 1.54) is 16.7 Å². The van der Waals surface area contributed by atoms with E-state index in [0.717, 1.165) is 5.56 Å². The van der Waals surface area contributed by atoms with Crippen LogP contribution in [-0.4, -0.2) is 54.7 Å². The second-order valence-electron chi connectivity index (χ2n) is 7.00. The van der Waals surface area contributed by atoms with Gasteiger partial charge < -0.3 is 14.7 Å². The third-order valence-electron chi connectivity index (χ3n) is 5.22. The molecule has 2 atom stereocenters. The molecule has 2 unspecified atom stereocenters. The number of thioether (sulfide) groups is 1. The molecule has 9 nitrogen and oxygen atoms in total. The molecule has 1 aromatic heterocycles. The van der Waals surface area contributed by atoms with Crippen LogP contribution in [0.25, 0.3) is 0 Å². The third kappa shape index (κ3) is 3.90. The van der Waals surface area contributed by atoms with Gasteiger partial charge in [0.25, 0.3) is 0 Å². The molecule has 0 bridgehead atoms. The van der Waals surface area contributed by atoms with E-state index in [9.17, 15) is 14.7 Å². The molecule has 2 aliphatic heterocycles. The number of aliphatic carboxylic acids is 1. The number of tetrazole rings is 1. The molecular weight excluding hydrogens is 394 g/mol. The van der Waals surface area contributed by atoms with E-state index in [-0.39, 0.29) is 23.6 Å². The summed E-state index contributed by atoms with van der Waals surface area (Å²) in [6.07, 6.45) is 1.14. The highest BCUT2D eigenvalue weighted by molar-refractivity contribution is 8.02. The quantitative estimate of drug-likeness (QED) is 0.485. The highest BCUT2D eigenvalue weighted by Gasteiger charge is 2.54. The van der Waals surface area contributed by atoms with E-state index < -0.39 is 5.97 Å². The lowest BCUT2D eigenvalue weighted by Crippen LogP contribution is -2.58. The maximum Gasteiger partial charge on any atom is 0.353 e. The molecule has 10 heteroatoms. The number of aromatic nitrogens is 4. The number of carbonyl (C=O) groups is 2. The monoisotopic (exact) mass is 415 g/mol. The fourth-order valence-corrected chi connectivity index (χ4v) is 4.86. The standard InChI is InChI=1S/C19H21N5O4S/c1-23-16(20-21-22-23)11-29-15-9-14-13(18(25)24(14)17(15)19(26)27)7-8-28-10-12-5-3-2-4-6-12/h2-6,13-14H,7-11H2,1H3,(H,26,27). The average molecular weight is 415 g/mol. The molecule has 0 spiro atoms. The lowest BCUT2D eigenvalue weighted by atomic mass is 9.85. The maximum atomic E-state index is 12.6. The van der Waals surface area contributed by atoms with Gasteiger partial charge in [0, 0.05) is 25.0 Å². The normalized spacial score (nSPS) is 20.7. The molecule has 1 aromatic carbocycles. The van der Waals surface area contributed by atoms with Crippen LogP contribution < -0.4 is 0 Å². The summed E-state index contributed by atoms with van der Waals surface area (Å²) >= 11 is 1.38. The Labute approximate surface area is 171 Å². The van der Waals surface area contributed by atoms with Crippen molar-refractivity contribution in [1.82, 2.24) is 25.1 Å². The Hall–Kier alpha value is -2.72. The van der Waals surface area contributed by atoms with Crippen molar-refractivity contribution in [2.45, 2.75) is 31.2 Å². The molecular formula is C19H21N5O4S. The Balaban J connectivity index is 1.33. The van der Waals surface area contributed by atoms with Gasteiger partial charge in [0.1, 0.15) is 5.70 Å². The van der Waals surface area contributed by atoms with Crippen molar-refractivity contribution in [3.05, 3.63) is 52.3 Å². The average Bonchev–Trinajstić information content (AvgIpc) is 3.28. The Morgan fingerprint density at radius 1 is 1.34 bits per heavy atom. The SMILES string of the molecule is Cn1nnnc1CSC1=C(C(=O)O)N2C(=O)C(CCOCc3ccccc3)C2C1. The number of carbonyl (C=O) groups excluding carboxylic acids is 1. The van der Waals surface area contributed by atoms with Gasteiger partial charge in [-0.3, -0.25) is 4.79 Å². The molecule has 152 valence electrons. The number of carboxylic acids is 1. The van der Waals surface area contributed by atoms with Crippen LogP contribution in [0.3, 0.4) is 0 Å². The zero-order valence-electron chi connectivity index (χ0n) is 15.9. The number of nitrogens with zero attached hydrogens (tertiary/aromatic N) is 5. The number of amides is 1. The van der Waals surface area contributed by atoms with Crippen molar-refractivity contribution in [2.24, 2.45) is 13.0 Å². The number of hydrogen-bond acceptors (Lipinski definition) is 7. The number of fused-ring (bicyclic) bond motifs is 1. The predicted octanol–water partition coefficient (Wildman–Crippen LogP) is 1.58. The smallest absolute Gasteiger partial charge is 0.353 e. The minimum Gasteiger partial charge on any atom is -0.477 e. The van der Waals surface area contributed by atoms with E-state index in [1.54, 1.807) is 11.7 Å². The van der Waals surface area contributed by atoms with E-state index in [0.29, 0.717) is 42.5 Å². The van der Waals surface area contributed by atoms with Crippen molar-refractivity contribution in [3.8, 4) is 0 Å². The van der Waals surface area contributed by atoms with Crippen LogP contribution in [0, 0.1) is 5.92 Å². The second-order valence-corrected chi connectivity index (χ2v) is 8.07. The molecule has 1 fully saturated rings. The van der Waals surface area contributed by atoms with Crippen molar-refractivity contribution in [1.29, 1.82) is 0 Å². The van der Waals surface area contributed by atoms with Gasteiger partial charge >= 0.3 is 5.97 Å². The number of rotatable bonds is 9. The van der Waals surface area contributed by atoms with Crippen molar-refractivity contribution >= 4 is 23.6 Å². The van der Waals surface area contributed by atoms with E-state index in [2.05, 4.69) is 15.5 Å². The third-order valence-corrected chi connectivity index (χ3v) is 6.33. The first-order valence-corrected chi connectivity index (χ1v) is 10.3. The van der Waals surface area contributed by atoms with Gasteiger partial charge in [-0.05, 0) is 22.4 Å². The van der Waals surface area contributed by atoms with Crippen LogP contribution in [0.4, 0.5) is 0 Å². The summed E-state index contributed by atoms with van der Waals surface area (Å²) < 4.78 is 7.25. The topological polar surface area (TPSA) is 110 Å². The fourth-order valence-electron chi connectivity index (χ4n) is 3.70. The lowest BCUT2D eigenvalue weighted by Gasteiger charge is -2.43. The first-order valence-electron chi connectivity index (χ1n) is 9.31. The van der Waals surface area contributed by atoms with Crippen molar-refractivity contribution in [3.63, 3.8) is 0 Å². The number of benzene rings is 1. The summed E-state index contributed by atoms with van der Waals surface area (Å²) in [5.41, 5.74) is 1.18. The van der Waals surface area contributed by atoms with Gasteiger partial charge in [0.05, 0.1) is 24.3 Å². The summed E-state index contributed by atoms with van der Waals surface area (Å²) in [6.45, 7) is 0.965. The Morgan fingerprint density at radius 3 is 2.83 bits per heavy atom. The van der Waals surface area contributed by atoms with Gasteiger partial charge in [0.2, 0.25) is 5.91 Å². The van der Waals surface area contributed by atoms with Crippen LogP contribution in [0.5, 0.6) is 0 Å². The first kappa shape index (κ1) is 19.6. The highest BCUT2D eigenvalue weighted by Crippen LogP contribution is 2.47. The summed E-state index contributed by atoms with van der Waals surface area (Å²) in [5.74, 6) is -0.298. The molecule has 2 aromatic rings. The Bertz CT molecular complexity index is 945. The van der Waals surface area contributed by atoms with E-state index in [4.69, 9.17) is 4.74 Å². The van der Waals surface area contributed by atoms with Gasteiger partial charge in [-0.15, -0.1) is 16.9 Å². The van der Waals surface area contributed by atoms with Crippen LogP contribution in [0.1, 0.15) is 24.2 Å². The molecule has 1 amide bonds. The number of hydrogen-bond donors (Lipinski definition) is 1. The van der Waals surface area contributed by atoms with Crippen molar-refractivity contribution in [2.75, 3.05) is 6.61 Å². The Kier molecular flexibility index (Phi) is 5.63. The van der Waals surface area contributed by atoms with Crippen LogP contribution in [0.2, 0.25) is 0 Å². The molecule has 1 saturated heterocycles. The fraction of sp³-hybridized carbons (Fsp3) is 0.421. The molecule has 4 rings (SSSR count). The second kappa shape index (κ2) is 8.34. The summed E-state index contributed by atoms with van der Waals surface area (Å²) in [6, 6.07) is 9.75. The van der Waals surface area contributed by atoms with E-state index in [1.807, 2.05) is 30.3 Å². The number of ether oxygens (including phenoxy) is 1. The molecule has 1 N–H and O–H groups in total. The molecule has 0 radical (unpaired) electrons. The highest BCUT2D eigenvalue weighted by atomic mass is 32.2. The molecule has 29 heavy (non-hydrogen) atoms. The van der Waals surface area contributed by atoms with E-state index >= 15 is 0 Å².